The zero-order chi connectivity index (χ0) is 19.9. The van der Waals surface area contributed by atoms with Gasteiger partial charge in [0.25, 0.3) is 5.91 Å². The Morgan fingerprint density at radius 2 is 1.50 bits per heavy atom. The Labute approximate surface area is 161 Å². The van der Waals surface area contributed by atoms with E-state index in [1.54, 1.807) is 0 Å². The van der Waals surface area contributed by atoms with Crippen molar-refractivity contribution < 1.29 is 27.5 Å². The van der Waals surface area contributed by atoms with Crippen molar-refractivity contribution in [1.29, 1.82) is 0 Å². The van der Waals surface area contributed by atoms with E-state index in [0.717, 1.165) is 43.5 Å². The molecule has 5 nitrogen and oxygen atoms in total. The topological polar surface area (TPSA) is 67.4 Å². The number of carbonyl (C=O) groups excluding carboxylic acids is 2. The minimum absolute atomic E-state index is 0.130. The van der Waals surface area contributed by atoms with Crippen molar-refractivity contribution in [3.8, 4) is 5.75 Å². The molecule has 0 radical (unpaired) electrons. The van der Waals surface area contributed by atoms with Gasteiger partial charge in [-0.2, -0.15) is 13.2 Å². The molecule has 1 aromatic carbocycles. The first-order chi connectivity index (χ1) is 13.2. The number of nitrogens with one attached hydrogen (secondary N) is 2. The Hall–Kier alpha value is -2.25. The van der Waals surface area contributed by atoms with Gasteiger partial charge >= 0.3 is 6.18 Å². The minimum atomic E-state index is -4.42. The molecule has 1 aromatic rings. The van der Waals surface area contributed by atoms with Gasteiger partial charge in [0, 0.05) is 0 Å². The minimum Gasteiger partial charge on any atom is -0.484 e. The number of hydrazine groups is 1. The first-order valence-corrected chi connectivity index (χ1v) is 9.63. The normalized spacial score (nSPS) is 30.8. The molecule has 0 spiro atoms. The quantitative estimate of drug-likeness (QED) is 0.766. The molecule has 2 N–H and O–H groups in total. The van der Waals surface area contributed by atoms with E-state index in [1.165, 1.54) is 19.3 Å². The lowest BCUT2D eigenvalue weighted by atomic mass is 9.49. The molecule has 4 aliphatic rings. The molecule has 152 valence electrons. The van der Waals surface area contributed by atoms with E-state index < -0.39 is 24.3 Å². The first-order valence-electron chi connectivity index (χ1n) is 9.63. The number of hydrogen-bond acceptors (Lipinski definition) is 3. The number of amides is 2. The van der Waals surface area contributed by atoms with Crippen LogP contribution >= 0.6 is 0 Å². The highest BCUT2D eigenvalue weighted by Crippen LogP contribution is 2.60. The predicted octanol–water partition coefficient (Wildman–Crippen LogP) is 3.45. The van der Waals surface area contributed by atoms with Crippen LogP contribution in [0.2, 0.25) is 0 Å². The van der Waals surface area contributed by atoms with Crippen LogP contribution in [-0.4, -0.2) is 18.4 Å². The van der Waals surface area contributed by atoms with Crippen LogP contribution in [0.25, 0.3) is 0 Å². The summed E-state index contributed by atoms with van der Waals surface area (Å²) in [5.74, 6) is 1.32. The second kappa shape index (κ2) is 6.97. The van der Waals surface area contributed by atoms with E-state index in [9.17, 15) is 22.8 Å². The van der Waals surface area contributed by atoms with Gasteiger partial charge in [-0.15, -0.1) is 0 Å². The molecule has 0 unspecified atom stereocenters. The van der Waals surface area contributed by atoms with Crippen LogP contribution in [0.15, 0.2) is 24.3 Å². The molecule has 5 rings (SSSR count). The Morgan fingerprint density at radius 1 is 0.964 bits per heavy atom. The van der Waals surface area contributed by atoms with Gasteiger partial charge in [-0.3, -0.25) is 20.4 Å². The van der Waals surface area contributed by atoms with E-state index in [-0.39, 0.29) is 17.1 Å². The number of alkyl halides is 3. The van der Waals surface area contributed by atoms with Gasteiger partial charge in [-0.25, -0.2) is 0 Å². The molecule has 0 aromatic heterocycles. The van der Waals surface area contributed by atoms with Crippen molar-refractivity contribution in [3.63, 3.8) is 0 Å². The van der Waals surface area contributed by atoms with Gasteiger partial charge in [-0.1, -0.05) is 0 Å². The smallest absolute Gasteiger partial charge is 0.416 e. The molecule has 2 amide bonds. The summed E-state index contributed by atoms with van der Waals surface area (Å²) >= 11 is 0. The largest absolute Gasteiger partial charge is 0.484 e. The number of carbonyl (C=O) groups is 2. The summed E-state index contributed by atoms with van der Waals surface area (Å²) in [5, 5.41) is 0. The van der Waals surface area contributed by atoms with Crippen LogP contribution in [0.3, 0.4) is 0 Å². The average Bonchev–Trinajstić information content (AvgIpc) is 2.63. The lowest BCUT2D eigenvalue weighted by Crippen LogP contribution is -2.57. The second-order valence-corrected chi connectivity index (χ2v) is 8.51. The van der Waals surface area contributed by atoms with Gasteiger partial charge in [0.05, 0.1) is 11.0 Å². The fourth-order valence-corrected chi connectivity index (χ4v) is 5.57. The second-order valence-electron chi connectivity index (χ2n) is 8.51. The fourth-order valence-electron chi connectivity index (χ4n) is 5.57. The lowest BCUT2D eigenvalue weighted by Gasteiger charge is -2.55. The van der Waals surface area contributed by atoms with Crippen LogP contribution in [0.5, 0.6) is 5.75 Å². The molecule has 0 saturated heterocycles. The molecule has 0 atom stereocenters. The fraction of sp³-hybridized carbons (Fsp3) is 0.600. The number of rotatable bonds is 4. The maximum Gasteiger partial charge on any atom is 0.416 e. The third kappa shape index (κ3) is 3.82. The lowest BCUT2D eigenvalue weighted by molar-refractivity contribution is -0.149. The third-order valence-corrected chi connectivity index (χ3v) is 6.39. The van der Waals surface area contributed by atoms with Crippen LogP contribution in [-0.2, 0) is 15.8 Å². The average molecular weight is 396 g/mol. The van der Waals surface area contributed by atoms with Crippen LogP contribution in [0, 0.1) is 23.2 Å². The van der Waals surface area contributed by atoms with Crippen molar-refractivity contribution in [2.24, 2.45) is 23.2 Å². The van der Waals surface area contributed by atoms with Crippen molar-refractivity contribution in [2.75, 3.05) is 6.61 Å². The van der Waals surface area contributed by atoms with E-state index in [0.29, 0.717) is 17.8 Å². The van der Waals surface area contributed by atoms with Gasteiger partial charge in [-0.05, 0) is 80.5 Å². The van der Waals surface area contributed by atoms with Gasteiger partial charge in [0.1, 0.15) is 5.75 Å². The Morgan fingerprint density at radius 3 is 2.00 bits per heavy atom. The SMILES string of the molecule is O=C(COc1ccc(C(F)(F)F)cc1)NNC(=O)C12CC3CC(CC(C3)C1)C2. The monoisotopic (exact) mass is 396 g/mol. The molecular formula is C20H23F3N2O3. The standard InChI is InChI=1S/C20H23F3N2O3/c21-20(22,23)15-1-3-16(4-2-15)28-11-17(26)24-25-18(27)19-8-12-5-13(9-19)7-14(6-12)10-19/h1-4,12-14H,5-11H2,(H,24,26)(H,25,27). The van der Waals surface area contributed by atoms with Crippen LogP contribution in [0.4, 0.5) is 13.2 Å². The van der Waals surface area contributed by atoms with E-state index in [2.05, 4.69) is 10.9 Å². The molecule has 4 saturated carbocycles. The molecule has 28 heavy (non-hydrogen) atoms. The molecule has 4 fully saturated rings. The predicted molar refractivity (Wildman–Crippen MR) is 93.8 cm³/mol. The molecule has 8 heteroatoms. The van der Waals surface area contributed by atoms with Gasteiger partial charge < -0.3 is 4.74 Å². The Balaban J connectivity index is 1.25. The molecule has 4 bridgehead atoms. The van der Waals surface area contributed by atoms with Crippen LogP contribution in [0.1, 0.15) is 44.1 Å². The summed E-state index contributed by atoms with van der Waals surface area (Å²) in [6, 6.07) is 4.10. The molecule has 4 aliphatic carbocycles. The van der Waals surface area contributed by atoms with E-state index in [4.69, 9.17) is 4.74 Å². The summed E-state index contributed by atoms with van der Waals surface area (Å²) in [4.78, 5) is 24.7. The molecular weight excluding hydrogens is 373 g/mol. The first kappa shape index (κ1) is 19.1. The maximum atomic E-state index is 12.7. The highest BCUT2D eigenvalue weighted by Gasteiger charge is 2.54. The third-order valence-electron chi connectivity index (χ3n) is 6.39. The van der Waals surface area contributed by atoms with E-state index >= 15 is 0 Å². The Kier molecular flexibility index (Phi) is 4.75. The van der Waals surface area contributed by atoms with Crippen molar-refractivity contribution >= 4 is 11.8 Å². The highest BCUT2D eigenvalue weighted by molar-refractivity contribution is 5.86. The van der Waals surface area contributed by atoms with Crippen molar-refractivity contribution in [1.82, 2.24) is 10.9 Å². The van der Waals surface area contributed by atoms with Gasteiger partial charge in [0.15, 0.2) is 6.61 Å². The number of ether oxygens (including phenoxy) is 1. The van der Waals surface area contributed by atoms with E-state index in [1.807, 2.05) is 0 Å². The molecule has 0 aliphatic heterocycles. The summed E-state index contributed by atoms with van der Waals surface area (Å²) in [6.07, 6.45) is 1.92. The zero-order valence-electron chi connectivity index (χ0n) is 15.3. The van der Waals surface area contributed by atoms with Crippen LogP contribution < -0.4 is 15.6 Å². The highest BCUT2D eigenvalue weighted by atomic mass is 19.4. The molecule has 0 heterocycles. The zero-order valence-corrected chi connectivity index (χ0v) is 15.3. The Bertz CT molecular complexity index is 726. The maximum absolute atomic E-state index is 12.7. The summed E-state index contributed by atoms with van der Waals surface area (Å²) < 4.78 is 42.8. The summed E-state index contributed by atoms with van der Waals surface area (Å²) in [7, 11) is 0. The van der Waals surface area contributed by atoms with Gasteiger partial charge in [0.2, 0.25) is 5.91 Å². The summed E-state index contributed by atoms with van der Waals surface area (Å²) in [6.45, 7) is -0.396. The van der Waals surface area contributed by atoms with Crippen molar-refractivity contribution in [3.05, 3.63) is 29.8 Å². The number of benzene rings is 1. The van der Waals surface area contributed by atoms with Crippen molar-refractivity contribution in [2.45, 2.75) is 44.7 Å². The number of hydrogen-bond donors (Lipinski definition) is 2. The number of halogens is 3. The summed E-state index contributed by atoms with van der Waals surface area (Å²) in [5.41, 5.74) is 3.76.